The van der Waals surface area contributed by atoms with Crippen LogP contribution in [0.5, 0.6) is 0 Å². The van der Waals surface area contributed by atoms with E-state index < -0.39 is 0 Å². The molecule has 0 saturated carbocycles. The number of rotatable bonds is 6. The van der Waals surface area contributed by atoms with E-state index in [1.54, 1.807) is 11.3 Å². The molecule has 0 amide bonds. The lowest BCUT2D eigenvalue weighted by molar-refractivity contribution is -0.136. The Morgan fingerprint density at radius 2 is 2.21 bits per heavy atom. The molecule has 2 aliphatic rings. The molecule has 1 atom stereocenters. The molecule has 0 aliphatic carbocycles. The van der Waals surface area contributed by atoms with Gasteiger partial charge in [0.1, 0.15) is 0 Å². The van der Waals surface area contributed by atoms with Crippen molar-refractivity contribution < 1.29 is 4.74 Å². The van der Waals surface area contributed by atoms with Crippen LogP contribution in [0.25, 0.3) is 0 Å². The first kappa shape index (κ1) is 16.0. The second-order valence-electron chi connectivity index (χ2n) is 6.98. The lowest BCUT2D eigenvalue weighted by Crippen LogP contribution is -2.64. The molecule has 0 unspecified atom stereocenters. The molecule has 2 aromatic heterocycles. The minimum atomic E-state index is 0.0891. The number of hydrogen-bond acceptors (Lipinski definition) is 6. The first-order chi connectivity index (χ1) is 11.7. The quantitative estimate of drug-likeness (QED) is 0.873. The van der Waals surface area contributed by atoms with Gasteiger partial charge in [-0.15, -0.1) is 0 Å². The van der Waals surface area contributed by atoms with Crippen LogP contribution < -0.4 is 5.32 Å². The molecular weight excluding hydrogens is 320 g/mol. The molecule has 0 bridgehead atoms. The predicted molar refractivity (Wildman–Crippen MR) is 96.3 cm³/mol. The fourth-order valence-electron chi connectivity index (χ4n) is 3.85. The van der Waals surface area contributed by atoms with E-state index in [2.05, 4.69) is 37.0 Å². The average molecular weight is 344 g/mol. The molecule has 128 valence electrons. The Balaban J connectivity index is 1.26. The van der Waals surface area contributed by atoms with Crippen LogP contribution in [0, 0.1) is 12.8 Å². The Morgan fingerprint density at radius 1 is 1.38 bits per heavy atom. The van der Waals surface area contributed by atoms with Gasteiger partial charge in [0, 0.05) is 45.2 Å². The van der Waals surface area contributed by atoms with E-state index in [0.717, 1.165) is 50.7 Å². The molecule has 1 spiro atoms. The number of hydrogen-bond donors (Lipinski definition) is 1. The molecule has 1 N–H and O–H groups in total. The zero-order valence-corrected chi connectivity index (χ0v) is 14.9. The van der Waals surface area contributed by atoms with Crippen LogP contribution in [0.2, 0.25) is 0 Å². The van der Waals surface area contributed by atoms with Gasteiger partial charge in [-0.3, -0.25) is 4.90 Å². The van der Waals surface area contributed by atoms with Gasteiger partial charge in [-0.2, -0.15) is 11.3 Å². The normalized spacial score (nSPS) is 22.6. The monoisotopic (exact) mass is 344 g/mol. The van der Waals surface area contributed by atoms with Crippen molar-refractivity contribution in [3.8, 4) is 0 Å². The second kappa shape index (κ2) is 6.78. The van der Waals surface area contributed by atoms with Crippen LogP contribution >= 0.6 is 11.3 Å². The first-order valence-corrected chi connectivity index (χ1v) is 9.58. The SMILES string of the molecule is Cc1cnc(NCC[C@H]2CCOC23CN(Cc2ccsc2)C3)nc1. The lowest BCUT2D eigenvalue weighted by atomic mass is 9.79. The Morgan fingerprint density at radius 3 is 2.96 bits per heavy atom. The maximum atomic E-state index is 6.16. The van der Waals surface area contributed by atoms with Gasteiger partial charge in [-0.05, 0) is 53.6 Å². The van der Waals surface area contributed by atoms with Crippen LogP contribution in [0.4, 0.5) is 5.95 Å². The highest BCUT2D eigenvalue weighted by Gasteiger charge is 2.52. The summed E-state index contributed by atoms with van der Waals surface area (Å²) in [7, 11) is 0. The fourth-order valence-corrected chi connectivity index (χ4v) is 4.51. The van der Waals surface area contributed by atoms with Crippen molar-refractivity contribution in [2.45, 2.75) is 31.9 Å². The molecule has 2 aliphatic heterocycles. The van der Waals surface area contributed by atoms with Gasteiger partial charge in [-0.1, -0.05) is 0 Å². The Bertz CT molecular complexity index is 652. The number of nitrogens with zero attached hydrogens (tertiary/aromatic N) is 3. The number of thiophene rings is 1. The molecule has 6 heteroatoms. The van der Waals surface area contributed by atoms with Crippen molar-refractivity contribution in [1.29, 1.82) is 0 Å². The molecule has 2 aromatic rings. The summed E-state index contributed by atoms with van der Waals surface area (Å²) in [6.07, 6.45) is 5.99. The van der Waals surface area contributed by atoms with Crippen LogP contribution in [0.1, 0.15) is 24.0 Å². The maximum absolute atomic E-state index is 6.16. The van der Waals surface area contributed by atoms with E-state index >= 15 is 0 Å². The summed E-state index contributed by atoms with van der Waals surface area (Å²) in [6, 6.07) is 2.22. The van der Waals surface area contributed by atoms with Gasteiger partial charge in [0.05, 0.1) is 5.60 Å². The first-order valence-electron chi connectivity index (χ1n) is 8.63. The van der Waals surface area contributed by atoms with E-state index in [4.69, 9.17) is 4.74 Å². The number of aromatic nitrogens is 2. The molecule has 5 nitrogen and oxygen atoms in total. The Kier molecular flexibility index (Phi) is 4.52. The summed E-state index contributed by atoms with van der Waals surface area (Å²) in [4.78, 5) is 11.1. The summed E-state index contributed by atoms with van der Waals surface area (Å²) >= 11 is 1.77. The van der Waals surface area contributed by atoms with Crippen LogP contribution in [-0.2, 0) is 11.3 Å². The molecule has 0 radical (unpaired) electrons. The average Bonchev–Trinajstić information content (AvgIpc) is 3.19. The number of nitrogens with one attached hydrogen (secondary N) is 1. The van der Waals surface area contributed by atoms with E-state index in [1.165, 1.54) is 12.0 Å². The minimum Gasteiger partial charge on any atom is -0.372 e. The third-order valence-electron chi connectivity index (χ3n) is 5.13. The smallest absolute Gasteiger partial charge is 0.222 e. The van der Waals surface area contributed by atoms with Gasteiger partial charge >= 0.3 is 0 Å². The molecule has 24 heavy (non-hydrogen) atoms. The standard InChI is InChI=1S/C18H24N4OS/c1-14-8-20-17(21-9-14)19-5-2-16-3-6-23-18(16)12-22(13-18)10-15-4-7-24-11-15/h4,7-9,11,16H,2-3,5-6,10,12-13H2,1H3,(H,19,20,21)/t16-/m0/s1. The zero-order valence-electron chi connectivity index (χ0n) is 14.1. The van der Waals surface area contributed by atoms with Crippen molar-refractivity contribution in [3.05, 3.63) is 40.3 Å². The van der Waals surface area contributed by atoms with Crippen LogP contribution in [-0.4, -0.2) is 46.7 Å². The highest BCUT2D eigenvalue weighted by Crippen LogP contribution is 2.42. The van der Waals surface area contributed by atoms with E-state index in [0.29, 0.717) is 5.92 Å². The maximum Gasteiger partial charge on any atom is 0.222 e. The van der Waals surface area contributed by atoms with E-state index in [9.17, 15) is 0 Å². The summed E-state index contributed by atoms with van der Waals surface area (Å²) < 4.78 is 6.16. The zero-order chi connectivity index (χ0) is 16.4. The van der Waals surface area contributed by atoms with E-state index in [1.807, 2.05) is 19.3 Å². The van der Waals surface area contributed by atoms with Crippen molar-refractivity contribution in [3.63, 3.8) is 0 Å². The highest BCUT2D eigenvalue weighted by atomic mass is 32.1. The summed E-state index contributed by atoms with van der Waals surface area (Å²) in [6.45, 7) is 6.99. The van der Waals surface area contributed by atoms with Crippen LogP contribution in [0.15, 0.2) is 29.2 Å². The molecule has 4 rings (SSSR count). The van der Waals surface area contributed by atoms with Gasteiger partial charge in [0.15, 0.2) is 0 Å². The summed E-state index contributed by atoms with van der Waals surface area (Å²) in [5, 5.41) is 7.73. The third kappa shape index (κ3) is 3.31. The fraction of sp³-hybridized carbons (Fsp3) is 0.556. The van der Waals surface area contributed by atoms with Crippen molar-refractivity contribution in [1.82, 2.24) is 14.9 Å². The van der Waals surface area contributed by atoms with Gasteiger partial charge < -0.3 is 10.1 Å². The van der Waals surface area contributed by atoms with Gasteiger partial charge in [0.25, 0.3) is 0 Å². The molecule has 2 saturated heterocycles. The largest absolute Gasteiger partial charge is 0.372 e. The van der Waals surface area contributed by atoms with Gasteiger partial charge in [-0.25, -0.2) is 9.97 Å². The number of ether oxygens (including phenoxy) is 1. The lowest BCUT2D eigenvalue weighted by Gasteiger charge is -2.50. The number of likely N-dealkylation sites (tertiary alicyclic amines) is 1. The third-order valence-corrected chi connectivity index (χ3v) is 5.86. The summed E-state index contributed by atoms with van der Waals surface area (Å²) in [5.74, 6) is 1.36. The van der Waals surface area contributed by atoms with E-state index in [-0.39, 0.29) is 5.60 Å². The molecule has 0 aromatic carbocycles. The Hall–Kier alpha value is -1.50. The predicted octanol–water partition coefficient (Wildman–Crippen LogP) is 2.94. The molecular formula is C18H24N4OS. The van der Waals surface area contributed by atoms with Crippen molar-refractivity contribution in [2.75, 3.05) is 31.6 Å². The van der Waals surface area contributed by atoms with Crippen molar-refractivity contribution in [2.24, 2.45) is 5.92 Å². The van der Waals surface area contributed by atoms with Crippen LogP contribution in [0.3, 0.4) is 0 Å². The highest BCUT2D eigenvalue weighted by molar-refractivity contribution is 7.07. The number of anilines is 1. The summed E-state index contributed by atoms with van der Waals surface area (Å²) in [5.41, 5.74) is 2.60. The van der Waals surface area contributed by atoms with Gasteiger partial charge in [0.2, 0.25) is 5.95 Å². The molecule has 2 fully saturated rings. The second-order valence-corrected chi connectivity index (χ2v) is 7.76. The Labute approximate surface area is 147 Å². The van der Waals surface area contributed by atoms with Crippen molar-refractivity contribution >= 4 is 17.3 Å². The topological polar surface area (TPSA) is 50.3 Å². The minimum absolute atomic E-state index is 0.0891. The number of aryl methyl sites for hydroxylation is 1. The molecule has 4 heterocycles.